The maximum absolute atomic E-state index is 9.28. The number of aliphatic hydroxyl groups excluding tert-OH is 1. The Morgan fingerprint density at radius 1 is 0.833 bits per heavy atom. The normalized spacial score (nSPS) is 14.5. The predicted octanol–water partition coefficient (Wildman–Crippen LogP) is 8.32. The second-order valence-corrected chi connectivity index (χ2v) is 12.6. The highest BCUT2D eigenvalue weighted by molar-refractivity contribution is 7.22. The molecule has 0 spiro atoms. The van der Waals surface area contributed by atoms with Gasteiger partial charge in [0.1, 0.15) is 10.0 Å². The van der Waals surface area contributed by atoms with Crippen LogP contribution in [0.5, 0.6) is 0 Å². The monoisotopic (exact) mass is 596 g/mol. The number of nitrogens with zero attached hydrogens (tertiary/aromatic N) is 2. The van der Waals surface area contributed by atoms with Crippen molar-refractivity contribution in [3.63, 3.8) is 0 Å². The molecule has 6 aromatic rings. The summed E-state index contributed by atoms with van der Waals surface area (Å²) in [6.07, 6.45) is 0.233. The van der Waals surface area contributed by atoms with Gasteiger partial charge in [0, 0.05) is 29.0 Å². The third-order valence-electron chi connectivity index (χ3n) is 6.48. The van der Waals surface area contributed by atoms with Crippen LogP contribution in [-0.4, -0.2) is 40.4 Å². The number of epoxide rings is 1. The highest BCUT2D eigenvalue weighted by Gasteiger charge is 2.13. The van der Waals surface area contributed by atoms with Crippen molar-refractivity contribution < 1.29 is 9.84 Å². The highest BCUT2D eigenvalue weighted by atomic mass is 32.1. The molecule has 4 N–H and O–H groups in total. The highest BCUT2D eigenvalue weighted by Crippen LogP contribution is 2.32. The Bertz CT molecular complexity index is 1760. The summed E-state index contributed by atoms with van der Waals surface area (Å²) in [5.41, 5.74) is 14.4. The van der Waals surface area contributed by atoms with Gasteiger partial charge in [-0.1, -0.05) is 12.1 Å². The van der Waals surface area contributed by atoms with Crippen molar-refractivity contribution in [2.75, 3.05) is 24.2 Å². The number of aryl methyl sites for hydroxylation is 2. The standard InChI is InChI=1S/C17H18N2OS.C14H12N2S.C3H6O/c1-11-3-8-15-16(9-11)21-17(19-15)13-4-6-14(7-5-13)18-10-12(2)20;1-9-2-7-12-13(8-9)17-14(16-12)10-3-5-11(15)6-4-10;1-3-2-4-3/h3-9,12,18,20H,10H2,1-2H3;2-8H,15H2,1H3;3H,2H2,1H3. The quantitative estimate of drug-likeness (QED) is 0.137. The number of hydrogen-bond donors (Lipinski definition) is 3. The molecule has 1 aliphatic rings. The first kappa shape index (κ1) is 29.7. The molecule has 0 amide bonds. The Morgan fingerprint density at radius 2 is 1.29 bits per heavy atom. The van der Waals surface area contributed by atoms with Crippen molar-refractivity contribution in [1.82, 2.24) is 9.97 Å². The van der Waals surface area contributed by atoms with Gasteiger partial charge in [-0.15, -0.1) is 22.7 Å². The minimum atomic E-state index is -0.350. The Kier molecular flexibility index (Phi) is 9.49. The van der Waals surface area contributed by atoms with Crippen LogP contribution in [0.15, 0.2) is 84.9 Å². The van der Waals surface area contributed by atoms with Gasteiger partial charge in [-0.05, 0) is 112 Å². The topological polar surface area (TPSA) is 96.6 Å². The number of thiazole rings is 2. The summed E-state index contributed by atoms with van der Waals surface area (Å²) in [5, 5.41) is 14.6. The Hall–Kier alpha value is -3.82. The van der Waals surface area contributed by atoms with Gasteiger partial charge >= 0.3 is 0 Å². The number of benzene rings is 4. The van der Waals surface area contributed by atoms with Crippen molar-refractivity contribution in [3.05, 3.63) is 96.1 Å². The van der Waals surface area contributed by atoms with Crippen LogP contribution in [0.1, 0.15) is 25.0 Å². The fourth-order valence-electron chi connectivity index (χ4n) is 4.03. The smallest absolute Gasteiger partial charge is 0.124 e. The number of rotatable bonds is 5. The molecule has 0 aliphatic carbocycles. The van der Waals surface area contributed by atoms with Gasteiger partial charge in [-0.2, -0.15) is 0 Å². The molecule has 6 nitrogen and oxygen atoms in total. The average molecular weight is 597 g/mol. The number of ether oxygens (including phenoxy) is 1. The lowest BCUT2D eigenvalue weighted by Crippen LogP contribution is -2.15. The number of anilines is 2. The summed E-state index contributed by atoms with van der Waals surface area (Å²) in [4.78, 5) is 9.32. The lowest BCUT2D eigenvalue weighted by molar-refractivity contribution is 0.208. The number of nitrogens with two attached hydrogens (primary N) is 1. The molecule has 7 rings (SSSR count). The van der Waals surface area contributed by atoms with Crippen LogP contribution in [0.4, 0.5) is 11.4 Å². The van der Waals surface area contributed by atoms with Crippen LogP contribution in [0.25, 0.3) is 41.6 Å². The van der Waals surface area contributed by atoms with Gasteiger partial charge in [-0.25, -0.2) is 9.97 Å². The van der Waals surface area contributed by atoms with E-state index in [9.17, 15) is 5.11 Å². The Balaban J connectivity index is 0.000000150. The van der Waals surface area contributed by atoms with Crippen LogP contribution in [0.3, 0.4) is 0 Å². The van der Waals surface area contributed by atoms with Crippen LogP contribution >= 0.6 is 22.7 Å². The van der Waals surface area contributed by atoms with Crippen molar-refractivity contribution in [3.8, 4) is 21.1 Å². The molecule has 2 unspecified atom stereocenters. The van der Waals surface area contributed by atoms with E-state index in [0.717, 1.165) is 50.2 Å². The molecule has 2 atom stereocenters. The summed E-state index contributed by atoms with van der Waals surface area (Å²) in [6, 6.07) is 28.7. The molecule has 4 aromatic carbocycles. The zero-order valence-electron chi connectivity index (χ0n) is 24.3. The van der Waals surface area contributed by atoms with E-state index in [-0.39, 0.29) is 6.10 Å². The minimum Gasteiger partial charge on any atom is -0.399 e. The van der Waals surface area contributed by atoms with E-state index >= 15 is 0 Å². The number of nitrogen functional groups attached to an aromatic ring is 1. The molecular formula is C34H36N4O2S2. The Morgan fingerprint density at radius 3 is 1.71 bits per heavy atom. The fourth-order valence-corrected chi connectivity index (χ4v) is 6.17. The molecular weight excluding hydrogens is 561 g/mol. The summed E-state index contributed by atoms with van der Waals surface area (Å²) in [6.45, 7) is 9.56. The van der Waals surface area contributed by atoms with Crippen LogP contribution < -0.4 is 11.1 Å². The predicted molar refractivity (Wildman–Crippen MR) is 180 cm³/mol. The molecule has 1 saturated heterocycles. The van der Waals surface area contributed by atoms with Gasteiger partial charge in [0.25, 0.3) is 0 Å². The summed E-state index contributed by atoms with van der Waals surface area (Å²) >= 11 is 3.44. The van der Waals surface area contributed by atoms with E-state index in [1.54, 1.807) is 29.6 Å². The molecule has 0 saturated carbocycles. The lowest BCUT2D eigenvalue weighted by Gasteiger charge is -2.08. The number of nitrogens with one attached hydrogen (secondary N) is 1. The second kappa shape index (κ2) is 13.4. The SMILES string of the molecule is CC1CO1.Cc1ccc2nc(-c3ccc(N)cc3)sc2c1.Cc1ccc2nc(-c3ccc(NCC(C)O)cc3)sc2c1. The molecule has 1 fully saturated rings. The number of fused-ring (bicyclic) bond motifs is 2. The third-order valence-corrected chi connectivity index (χ3v) is 8.61. The van der Waals surface area contributed by atoms with Crippen molar-refractivity contribution in [2.24, 2.45) is 0 Å². The van der Waals surface area contributed by atoms with E-state index in [1.807, 2.05) is 36.4 Å². The van der Waals surface area contributed by atoms with E-state index < -0.39 is 0 Å². The molecule has 1 aliphatic heterocycles. The zero-order valence-corrected chi connectivity index (χ0v) is 25.9. The summed E-state index contributed by atoms with van der Waals surface area (Å²) in [5.74, 6) is 0. The second-order valence-electron chi connectivity index (χ2n) is 10.6. The Labute approximate surface area is 254 Å². The summed E-state index contributed by atoms with van der Waals surface area (Å²) < 4.78 is 7.16. The van der Waals surface area contributed by atoms with Gasteiger partial charge in [0.2, 0.25) is 0 Å². The first-order valence-electron chi connectivity index (χ1n) is 14.0. The van der Waals surface area contributed by atoms with Crippen molar-refractivity contribution in [1.29, 1.82) is 0 Å². The fraction of sp³-hybridized carbons (Fsp3) is 0.235. The largest absolute Gasteiger partial charge is 0.399 e. The van der Waals surface area contributed by atoms with Gasteiger partial charge in [0.05, 0.1) is 39.2 Å². The van der Waals surface area contributed by atoms with E-state index in [0.29, 0.717) is 12.6 Å². The molecule has 0 bridgehead atoms. The minimum absolute atomic E-state index is 0.350. The first-order chi connectivity index (χ1) is 20.2. The van der Waals surface area contributed by atoms with E-state index in [1.165, 1.54) is 20.5 Å². The van der Waals surface area contributed by atoms with Gasteiger partial charge in [0.15, 0.2) is 0 Å². The van der Waals surface area contributed by atoms with E-state index in [4.69, 9.17) is 10.5 Å². The van der Waals surface area contributed by atoms with Crippen LogP contribution in [0.2, 0.25) is 0 Å². The lowest BCUT2D eigenvalue weighted by atomic mass is 10.2. The summed E-state index contributed by atoms with van der Waals surface area (Å²) in [7, 11) is 0. The number of aliphatic hydroxyl groups is 1. The van der Waals surface area contributed by atoms with Crippen LogP contribution in [-0.2, 0) is 4.74 Å². The molecule has 3 heterocycles. The molecule has 216 valence electrons. The van der Waals surface area contributed by atoms with Gasteiger partial charge < -0.3 is 20.9 Å². The maximum atomic E-state index is 9.28. The van der Waals surface area contributed by atoms with Crippen molar-refractivity contribution >= 4 is 54.5 Å². The molecule has 8 heteroatoms. The van der Waals surface area contributed by atoms with Gasteiger partial charge in [-0.3, -0.25) is 0 Å². The van der Waals surface area contributed by atoms with Crippen LogP contribution in [0, 0.1) is 13.8 Å². The molecule has 2 aromatic heterocycles. The average Bonchev–Trinajstić information content (AvgIpc) is 3.47. The molecule has 0 radical (unpaired) electrons. The van der Waals surface area contributed by atoms with E-state index in [2.05, 4.69) is 84.6 Å². The maximum Gasteiger partial charge on any atom is 0.124 e. The third kappa shape index (κ3) is 8.14. The number of hydrogen-bond acceptors (Lipinski definition) is 8. The first-order valence-corrected chi connectivity index (χ1v) is 15.6. The van der Waals surface area contributed by atoms with Crippen molar-refractivity contribution in [2.45, 2.75) is 39.9 Å². The zero-order chi connectivity index (χ0) is 29.6. The number of aromatic nitrogens is 2. The molecule has 42 heavy (non-hydrogen) atoms.